The van der Waals surface area contributed by atoms with E-state index in [0.29, 0.717) is 16.7 Å². The molecule has 0 radical (unpaired) electrons. The van der Waals surface area contributed by atoms with Crippen molar-refractivity contribution in [3.05, 3.63) is 151 Å². The molecule has 6 rings (SSSR count). The molecule has 2 N–H and O–H groups in total. The van der Waals surface area contributed by atoms with E-state index in [1.54, 1.807) is 0 Å². The highest BCUT2D eigenvalue weighted by molar-refractivity contribution is 5.94. The van der Waals surface area contributed by atoms with Crippen LogP contribution in [0.25, 0.3) is 50.1 Å². The first-order valence-corrected chi connectivity index (χ1v) is 12.5. The van der Waals surface area contributed by atoms with Gasteiger partial charge in [0.2, 0.25) is 0 Å². The van der Waals surface area contributed by atoms with E-state index in [1.165, 1.54) is 0 Å². The summed E-state index contributed by atoms with van der Waals surface area (Å²) < 4.78 is 0. The van der Waals surface area contributed by atoms with Crippen molar-refractivity contribution in [1.82, 2.24) is 0 Å². The van der Waals surface area contributed by atoms with Gasteiger partial charge in [-0.05, 0) is 75.4 Å². The van der Waals surface area contributed by atoms with Gasteiger partial charge in [-0.15, -0.1) is 0 Å². The fourth-order valence-electron chi connectivity index (χ4n) is 4.87. The van der Waals surface area contributed by atoms with E-state index >= 15 is 0 Å². The Bertz CT molecular complexity index is 1780. The Labute approximate surface area is 222 Å². The lowest BCUT2D eigenvalue weighted by atomic mass is 9.89. The van der Waals surface area contributed by atoms with Crippen LogP contribution in [0.5, 0.6) is 11.5 Å². The zero-order valence-corrected chi connectivity index (χ0v) is 20.6. The average Bonchev–Trinajstić information content (AvgIpc) is 2.99. The summed E-state index contributed by atoms with van der Waals surface area (Å²) in [5, 5.41) is 23.1. The summed E-state index contributed by atoms with van der Waals surface area (Å²) in [4.78, 5) is 0. The molecule has 180 valence electrons. The van der Waals surface area contributed by atoms with Crippen molar-refractivity contribution >= 4 is 5.57 Å². The Kier molecular flexibility index (Phi) is 6.10. The molecule has 38 heavy (non-hydrogen) atoms. The molecule has 0 bridgehead atoms. The fourth-order valence-corrected chi connectivity index (χ4v) is 4.87. The second-order valence-electron chi connectivity index (χ2n) is 9.16. The topological polar surface area (TPSA) is 40.5 Å². The zero-order chi connectivity index (χ0) is 25.9. The second-order valence-corrected chi connectivity index (χ2v) is 9.16. The van der Waals surface area contributed by atoms with Crippen LogP contribution >= 0.6 is 0 Å². The first-order chi connectivity index (χ1) is 18.7. The number of hydrogen-bond acceptors (Lipinski definition) is 2. The van der Waals surface area contributed by atoms with E-state index in [0.717, 1.165) is 39.0 Å². The van der Waals surface area contributed by atoms with Gasteiger partial charge in [0.05, 0.1) is 5.56 Å². The Morgan fingerprint density at radius 2 is 0.974 bits per heavy atom. The van der Waals surface area contributed by atoms with E-state index in [4.69, 9.17) is 0 Å². The van der Waals surface area contributed by atoms with Gasteiger partial charge in [0.1, 0.15) is 11.5 Å². The van der Waals surface area contributed by atoms with Gasteiger partial charge < -0.3 is 10.2 Å². The quantitative estimate of drug-likeness (QED) is 0.242. The van der Waals surface area contributed by atoms with Crippen LogP contribution in [0.2, 0.25) is 0 Å². The molecule has 0 saturated heterocycles. The van der Waals surface area contributed by atoms with E-state index < -0.39 is 0 Å². The average molecular weight is 489 g/mol. The minimum atomic E-state index is 0.0433. The number of phenolic OH excluding ortho intramolecular Hbond substituents is 2. The molecule has 1 aliphatic rings. The van der Waals surface area contributed by atoms with Gasteiger partial charge >= 0.3 is 0 Å². The highest BCUT2D eigenvalue weighted by Gasteiger charge is 2.21. The first-order valence-electron chi connectivity index (χ1n) is 12.5. The number of hydrogen-bond donors (Lipinski definition) is 2. The summed E-state index contributed by atoms with van der Waals surface area (Å²) in [5.74, 6) is 0.0915. The van der Waals surface area contributed by atoms with Crippen molar-refractivity contribution in [2.24, 2.45) is 0 Å². The molecule has 0 heterocycles. The first kappa shape index (κ1) is 23.2. The lowest BCUT2D eigenvalue weighted by Gasteiger charge is -2.18. The fraction of sp³-hybridized carbons (Fsp3) is 0. The predicted octanol–water partition coefficient (Wildman–Crippen LogP) is 9.03. The largest absolute Gasteiger partial charge is 0.507 e. The van der Waals surface area contributed by atoms with Crippen LogP contribution in [0.3, 0.4) is 0 Å². The summed E-state index contributed by atoms with van der Waals surface area (Å²) in [6.45, 7) is 0. The lowest BCUT2D eigenvalue weighted by Crippen LogP contribution is -1.91. The summed E-state index contributed by atoms with van der Waals surface area (Å²) in [6.07, 6.45) is 5.72. The number of allylic oxidation sites excluding steroid dienone is 4. The van der Waals surface area contributed by atoms with Crippen LogP contribution in [0.4, 0.5) is 0 Å². The van der Waals surface area contributed by atoms with Gasteiger partial charge in [-0.2, -0.15) is 0 Å². The predicted molar refractivity (Wildman–Crippen MR) is 156 cm³/mol. The molecule has 0 amide bonds. The number of phenols is 2. The van der Waals surface area contributed by atoms with Gasteiger partial charge in [-0.3, -0.25) is 0 Å². The van der Waals surface area contributed by atoms with E-state index in [9.17, 15) is 10.2 Å². The molecule has 0 aliphatic heterocycles. The molecule has 1 aliphatic carbocycles. The van der Waals surface area contributed by atoms with Gasteiger partial charge in [0, 0.05) is 11.1 Å². The molecular formula is C36H24O2. The number of aromatic hydroxyl groups is 2. The molecular weight excluding hydrogens is 464 g/mol. The minimum absolute atomic E-state index is 0.0433. The third-order valence-electron chi connectivity index (χ3n) is 6.78. The number of rotatable bonds is 5. The summed E-state index contributed by atoms with van der Waals surface area (Å²) in [6, 6.07) is 37.7. The second kappa shape index (κ2) is 10.0. The summed E-state index contributed by atoms with van der Waals surface area (Å²) in [5.41, 5.74) is 14.3. The van der Waals surface area contributed by atoms with Crippen LogP contribution in [0, 0.1) is 0 Å². The van der Waals surface area contributed by atoms with Crippen molar-refractivity contribution in [2.45, 2.75) is 0 Å². The molecule has 0 unspecified atom stereocenters. The van der Waals surface area contributed by atoms with Crippen LogP contribution < -0.4 is 0 Å². The van der Waals surface area contributed by atoms with Gasteiger partial charge in [0.25, 0.3) is 0 Å². The maximum atomic E-state index is 11.6. The van der Waals surface area contributed by atoms with Crippen LogP contribution in [0.1, 0.15) is 5.56 Å². The van der Waals surface area contributed by atoms with E-state index in [1.807, 2.05) is 109 Å². The van der Waals surface area contributed by atoms with Crippen molar-refractivity contribution in [2.75, 3.05) is 0 Å². The summed E-state index contributed by atoms with van der Waals surface area (Å²) >= 11 is 0. The smallest absolute Gasteiger partial charge is 0.134 e. The van der Waals surface area contributed by atoms with Crippen molar-refractivity contribution in [3.8, 4) is 56.0 Å². The highest BCUT2D eigenvalue weighted by atomic mass is 16.3. The van der Waals surface area contributed by atoms with E-state index in [2.05, 4.69) is 35.7 Å². The minimum Gasteiger partial charge on any atom is -0.507 e. The third-order valence-corrected chi connectivity index (χ3v) is 6.78. The molecule has 0 fully saturated rings. The standard InChI is InChI=1S/C36H24O2/c37-35-32(30-20-10-18-28(22-30)25-12-4-1-5-13-25)24-33(36(38)34(35)27-16-8-3-9-17-27)31-21-11-19-29(23-31)26-14-6-2-7-15-26/h1,3-6,8-24,37-38H. The van der Waals surface area contributed by atoms with Crippen molar-refractivity contribution < 1.29 is 10.2 Å². The Hall–Kier alpha value is -5.26. The molecule has 0 spiro atoms. The highest BCUT2D eigenvalue weighted by Crippen LogP contribution is 2.49. The molecule has 5 aromatic carbocycles. The van der Waals surface area contributed by atoms with E-state index in [-0.39, 0.29) is 11.5 Å². The molecule has 0 saturated carbocycles. The molecule has 5 aromatic rings. The number of benzene rings is 5. The van der Waals surface area contributed by atoms with Crippen molar-refractivity contribution in [3.63, 3.8) is 0 Å². The Morgan fingerprint density at radius 1 is 0.447 bits per heavy atom. The molecule has 0 aromatic heterocycles. The SMILES string of the molecule is Oc1c(-c2cccc(C3=CC=C=C=C3)c2)cc(-c2cccc(-c3ccccc3)c2)c(O)c1-c1ccccc1. The normalized spacial score (nSPS) is 11.9. The van der Waals surface area contributed by atoms with Crippen LogP contribution in [-0.2, 0) is 0 Å². The molecule has 2 heteroatoms. The van der Waals surface area contributed by atoms with Crippen LogP contribution in [-0.4, -0.2) is 10.2 Å². The van der Waals surface area contributed by atoms with Gasteiger partial charge in [-0.25, -0.2) is 0 Å². The van der Waals surface area contributed by atoms with Gasteiger partial charge in [0.15, 0.2) is 0 Å². The van der Waals surface area contributed by atoms with Crippen molar-refractivity contribution in [1.29, 1.82) is 0 Å². The maximum absolute atomic E-state index is 11.6. The monoisotopic (exact) mass is 488 g/mol. The molecule has 0 atom stereocenters. The van der Waals surface area contributed by atoms with Gasteiger partial charge in [-0.1, -0.05) is 109 Å². The van der Waals surface area contributed by atoms with Crippen LogP contribution in [0.15, 0.2) is 145 Å². The third kappa shape index (κ3) is 4.39. The lowest BCUT2D eigenvalue weighted by molar-refractivity contribution is 0.457. The Morgan fingerprint density at radius 3 is 1.58 bits per heavy atom. The summed E-state index contributed by atoms with van der Waals surface area (Å²) in [7, 11) is 0. The molecule has 2 nitrogen and oxygen atoms in total. The Balaban J connectivity index is 1.57. The maximum Gasteiger partial charge on any atom is 0.134 e. The zero-order valence-electron chi connectivity index (χ0n) is 20.6.